The SMILES string of the molecule is Cc1ccccc1S(=O)(=O)N1CCN(C(=O)CC(C)C)CC1. The molecule has 1 aliphatic heterocycles. The molecule has 2 rings (SSSR count). The van der Waals surface area contributed by atoms with Crippen LogP contribution < -0.4 is 0 Å². The molecule has 0 spiro atoms. The van der Waals surface area contributed by atoms with E-state index in [-0.39, 0.29) is 5.91 Å². The van der Waals surface area contributed by atoms with E-state index in [1.54, 1.807) is 30.0 Å². The van der Waals surface area contributed by atoms with Gasteiger partial charge in [0.15, 0.2) is 0 Å². The van der Waals surface area contributed by atoms with Gasteiger partial charge in [-0.15, -0.1) is 0 Å². The Morgan fingerprint density at radius 1 is 1.14 bits per heavy atom. The standard InChI is InChI=1S/C16H24N2O3S/c1-13(2)12-16(19)17-8-10-18(11-9-17)22(20,21)15-7-5-4-6-14(15)3/h4-7,13H,8-12H2,1-3H3. The third-order valence-corrected chi connectivity index (χ3v) is 5.94. The number of piperazine rings is 1. The number of hydrogen-bond donors (Lipinski definition) is 0. The van der Waals surface area contributed by atoms with Crippen LogP contribution in [0.4, 0.5) is 0 Å². The molecule has 0 saturated carbocycles. The Labute approximate surface area is 133 Å². The highest BCUT2D eigenvalue weighted by Gasteiger charge is 2.30. The van der Waals surface area contributed by atoms with Crippen LogP contribution in [0.15, 0.2) is 29.2 Å². The summed E-state index contributed by atoms with van der Waals surface area (Å²) in [5.41, 5.74) is 0.751. The summed E-state index contributed by atoms with van der Waals surface area (Å²) in [6, 6.07) is 7.01. The predicted octanol–water partition coefficient (Wildman–Crippen LogP) is 1.87. The lowest BCUT2D eigenvalue weighted by atomic mass is 10.1. The van der Waals surface area contributed by atoms with E-state index < -0.39 is 10.0 Å². The molecule has 5 nitrogen and oxygen atoms in total. The van der Waals surface area contributed by atoms with Gasteiger partial charge in [0.25, 0.3) is 0 Å². The van der Waals surface area contributed by atoms with E-state index in [4.69, 9.17) is 0 Å². The van der Waals surface area contributed by atoms with E-state index in [9.17, 15) is 13.2 Å². The summed E-state index contributed by atoms with van der Waals surface area (Å²) in [7, 11) is -3.47. The fourth-order valence-electron chi connectivity index (χ4n) is 2.64. The molecule has 0 radical (unpaired) electrons. The van der Waals surface area contributed by atoms with Crippen LogP contribution in [0.3, 0.4) is 0 Å². The second kappa shape index (κ2) is 6.79. The van der Waals surface area contributed by atoms with Crippen molar-refractivity contribution in [2.75, 3.05) is 26.2 Å². The molecule has 1 aromatic rings. The zero-order valence-electron chi connectivity index (χ0n) is 13.4. The van der Waals surface area contributed by atoms with Crippen LogP contribution in [0.25, 0.3) is 0 Å². The summed E-state index contributed by atoms with van der Waals surface area (Å²) in [6.45, 7) is 7.48. The summed E-state index contributed by atoms with van der Waals surface area (Å²) in [5, 5.41) is 0. The topological polar surface area (TPSA) is 57.7 Å². The lowest BCUT2D eigenvalue weighted by Crippen LogP contribution is -2.50. The highest BCUT2D eigenvalue weighted by molar-refractivity contribution is 7.89. The fourth-order valence-corrected chi connectivity index (χ4v) is 4.29. The molecule has 0 bridgehead atoms. The monoisotopic (exact) mass is 324 g/mol. The Bertz CT molecular complexity index is 633. The Morgan fingerprint density at radius 2 is 1.73 bits per heavy atom. The number of nitrogens with zero attached hydrogens (tertiary/aromatic N) is 2. The van der Waals surface area contributed by atoms with Gasteiger partial charge in [0.2, 0.25) is 15.9 Å². The number of benzene rings is 1. The van der Waals surface area contributed by atoms with Crippen molar-refractivity contribution in [3.05, 3.63) is 29.8 Å². The first-order chi connectivity index (χ1) is 10.3. The molecule has 6 heteroatoms. The Hall–Kier alpha value is -1.40. The van der Waals surface area contributed by atoms with E-state index in [0.29, 0.717) is 43.4 Å². The van der Waals surface area contributed by atoms with Gasteiger partial charge in [0.1, 0.15) is 0 Å². The Balaban J connectivity index is 2.05. The van der Waals surface area contributed by atoms with Gasteiger partial charge in [0, 0.05) is 32.6 Å². The molecule has 0 aliphatic carbocycles. The van der Waals surface area contributed by atoms with Gasteiger partial charge in [-0.25, -0.2) is 8.42 Å². The number of carbonyl (C=O) groups is 1. The second-order valence-corrected chi connectivity index (χ2v) is 8.05. The smallest absolute Gasteiger partial charge is 0.243 e. The van der Waals surface area contributed by atoms with Crippen molar-refractivity contribution in [3.63, 3.8) is 0 Å². The van der Waals surface area contributed by atoms with Crippen molar-refractivity contribution >= 4 is 15.9 Å². The van der Waals surface area contributed by atoms with Gasteiger partial charge in [-0.1, -0.05) is 32.0 Å². The van der Waals surface area contributed by atoms with Crippen LogP contribution in [0.2, 0.25) is 0 Å². The van der Waals surface area contributed by atoms with E-state index in [0.717, 1.165) is 5.56 Å². The molecule has 0 aromatic heterocycles. The average Bonchev–Trinajstić information content (AvgIpc) is 2.47. The first-order valence-electron chi connectivity index (χ1n) is 7.66. The third-order valence-electron chi connectivity index (χ3n) is 3.89. The van der Waals surface area contributed by atoms with Crippen molar-refractivity contribution in [1.29, 1.82) is 0 Å². The predicted molar refractivity (Wildman–Crippen MR) is 86.0 cm³/mol. The van der Waals surface area contributed by atoms with E-state index in [2.05, 4.69) is 0 Å². The number of hydrogen-bond acceptors (Lipinski definition) is 3. The number of sulfonamides is 1. The molecule has 22 heavy (non-hydrogen) atoms. The van der Waals surface area contributed by atoms with Crippen LogP contribution >= 0.6 is 0 Å². The molecule has 0 atom stereocenters. The highest BCUT2D eigenvalue weighted by atomic mass is 32.2. The third kappa shape index (κ3) is 3.67. The van der Waals surface area contributed by atoms with Crippen LogP contribution in [0.1, 0.15) is 25.8 Å². The maximum absolute atomic E-state index is 12.7. The Kier molecular flexibility index (Phi) is 5.24. The number of rotatable bonds is 4. The van der Waals surface area contributed by atoms with Crippen LogP contribution in [-0.2, 0) is 14.8 Å². The van der Waals surface area contributed by atoms with Gasteiger partial charge >= 0.3 is 0 Å². The maximum Gasteiger partial charge on any atom is 0.243 e. The minimum Gasteiger partial charge on any atom is -0.340 e. The highest BCUT2D eigenvalue weighted by Crippen LogP contribution is 2.21. The summed E-state index contributed by atoms with van der Waals surface area (Å²) < 4.78 is 26.9. The van der Waals surface area contributed by atoms with Crippen molar-refractivity contribution in [2.45, 2.75) is 32.1 Å². The van der Waals surface area contributed by atoms with Crippen molar-refractivity contribution < 1.29 is 13.2 Å². The quantitative estimate of drug-likeness (QED) is 0.849. The molecule has 1 heterocycles. The molecule has 1 saturated heterocycles. The first kappa shape index (κ1) is 17.0. The van der Waals surface area contributed by atoms with Gasteiger partial charge in [-0.2, -0.15) is 4.31 Å². The Morgan fingerprint density at radius 3 is 2.27 bits per heavy atom. The molecule has 0 N–H and O–H groups in total. The maximum atomic E-state index is 12.7. The summed E-state index contributed by atoms with van der Waals surface area (Å²) in [6.07, 6.45) is 0.518. The van der Waals surface area contributed by atoms with Crippen LogP contribution in [0, 0.1) is 12.8 Å². The zero-order chi connectivity index (χ0) is 16.3. The molecule has 1 aliphatic rings. The van der Waals surface area contributed by atoms with Gasteiger partial charge < -0.3 is 4.90 Å². The zero-order valence-corrected chi connectivity index (χ0v) is 14.3. The minimum absolute atomic E-state index is 0.114. The first-order valence-corrected chi connectivity index (χ1v) is 9.10. The van der Waals surface area contributed by atoms with E-state index in [1.165, 1.54) is 4.31 Å². The van der Waals surface area contributed by atoms with Gasteiger partial charge in [-0.05, 0) is 24.5 Å². The fraction of sp³-hybridized carbons (Fsp3) is 0.562. The van der Waals surface area contributed by atoms with E-state index >= 15 is 0 Å². The van der Waals surface area contributed by atoms with Crippen LogP contribution in [0.5, 0.6) is 0 Å². The van der Waals surface area contributed by atoms with Gasteiger partial charge in [0.05, 0.1) is 4.90 Å². The number of aryl methyl sites for hydroxylation is 1. The minimum atomic E-state index is -3.47. The second-order valence-electron chi connectivity index (χ2n) is 6.15. The molecular formula is C16H24N2O3S. The average molecular weight is 324 g/mol. The van der Waals surface area contributed by atoms with Crippen molar-refractivity contribution in [3.8, 4) is 0 Å². The lowest BCUT2D eigenvalue weighted by Gasteiger charge is -2.34. The largest absolute Gasteiger partial charge is 0.340 e. The molecule has 0 unspecified atom stereocenters. The molecule has 1 fully saturated rings. The summed E-state index contributed by atoms with van der Waals surface area (Å²) in [4.78, 5) is 14.2. The summed E-state index contributed by atoms with van der Waals surface area (Å²) >= 11 is 0. The molecule has 1 aromatic carbocycles. The number of amides is 1. The molecule has 1 amide bonds. The van der Waals surface area contributed by atoms with E-state index in [1.807, 2.05) is 19.9 Å². The van der Waals surface area contributed by atoms with Gasteiger partial charge in [-0.3, -0.25) is 4.79 Å². The normalized spacial score (nSPS) is 17.0. The molecular weight excluding hydrogens is 300 g/mol. The molecule has 122 valence electrons. The van der Waals surface area contributed by atoms with Crippen molar-refractivity contribution in [2.24, 2.45) is 5.92 Å². The number of carbonyl (C=O) groups excluding carboxylic acids is 1. The van der Waals surface area contributed by atoms with Crippen molar-refractivity contribution in [1.82, 2.24) is 9.21 Å². The van der Waals surface area contributed by atoms with Crippen LogP contribution in [-0.4, -0.2) is 49.7 Å². The lowest BCUT2D eigenvalue weighted by molar-refractivity contribution is -0.133. The summed E-state index contributed by atoms with van der Waals surface area (Å²) in [5.74, 6) is 0.434.